The van der Waals surface area contributed by atoms with Crippen LogP contribution in [0.5, 0.6) is 5.75 Å². The van der Waals surface area contributed by atoms with Crippen LogP contribution in [0.3, 0.4) is 0 Å². The van der Waals surface area contributed by atoms with Crippen molar-refractivity contribution in [2.45, 2.75) is 25.9 Å². The zero-order valence-corrected chi connectivity index (χ0v) is 10.0. The Morgan fingerprint density at radius 1 is 1.38 bits per heavy atom. The Kier molecular flexibility index (Phi) is 4.99. The van der Waals surface area contributed by atoms with E-state index in [1.54, 1.807) is 14.2 Å². The number of para-hydroxylation sites is 1. The third-order valence-corrected chi connectivity index (χ3v) is 2.61. The SMILES string of the molecule is COCc1cccc(C(C)CC=O)c1OC. The van der Waals surface area contributed by atoms with E-state index in [2.05, 4.69) is 0 Å². The average molecular weight is 222 g/mol. The minimum absolute atomic E-state index is 0.171. The van der Waals surface area contributed by atoms with Gasteiger partial charge in [-0.2, -0.15) is 0 Å². The van der Waals surface area contributed by atoms with Gasteiger partial charge in [0.15, 0.2) is 0 Å². The average Bonchev–Trinajstić information content (AvgIpc) is 2.29. The first-order valence-electron chi connectivity index (χ1n) is 5.33. The second kappa shape index (κ2) is 6.28. The number of hydrogen-bond acceptors (Lipinski definition) is 3. The summed E-state index contributed by atoms with van der Waals surface area (Å²) in [7, 11) is 3.30. The molecule has 0 aliphatic heterocycles. The summed E-state index contributed by atoms with van der Waals surface area (Å²) in [6.45, 7) is 2.54. The molecule has 0 amide bonds. The summed E-state index contributed by atoms with van der Waals surface area (Å²) in [5.41, 5.74) is 2.07. The van der Waals surface area contributed by atoms with Crippen molar-refractivity contribution in [2.24, 2.45) is 0 Å². The molecule has 1 rings (SSSR count). The fraction of sp³-hybridized carbons (Fsp3) is 0.462. The molecule has 3 heteroatoms. The molecule has 0 bridgehead atoms. The summed E-state index contributed by atoms with van der Waals surface area (Å²) < 4.78 is 10.5. The van der Waals surface area contributed by atoms with E-state index in [0.717, 1.165) is 23.2 Å². The molecule has 1 aromatic rings. The van der Waals surface area contributed by atoms with Crippen molar-refractivity contribution >= 4 is 6.29 Å². The van der Waals surface area contributed by atoms with Crippen LogP contribution in [-0.4, -0.2) is 20.5 Å². The van der Waals surface area contributed by atoms with Crippen LogP contribution >= 0.6 is 0 Å². The number of rotatable bonds is 6. The van der Waals surface area contributed by atoms with Crippen LogP contribution in [0, 0.1) is 0 Å². The van der Waals surface area contributed by atoms with E-state index >= 15 is 0 Å². The van der Waals surface area contributed by atoms with Gasteiger partial charge < -0.3 is 14.3 Å². The van der Waals surface area contributed by atoms with E-state index in [-0.39, 0.29) is 5.92 Å². The van der Waals surface area contributed by atoms with Gasteiger partial charge in [-0.15, -0.1) is 0 Å². The number of carbonyl (C=O) groups is 1. The van der Waals surface area contributed by atoms with Crippen molar-refractivity contribution < 1.29 is 14.3 Å². The van der Waals surface area contributed by atoms with Gasteiger partial charge in [-0.3, -0.25) is 0 Å². The van der Waals surface area contributed by atoms with Gasteiger partial charge in [0.2, 0.25) is 0 Å². The molecule has 3 nitrogen and oxygen atoms in total. The number of benzene rings is 1. The Morgan fingerprint density at radius 2 is 2.12 bits per heavy atom. The number of carbonyl (C=O) groups excluding carboxylic acids is 1. The Morgan fingerprint density at radius 3 is 2.69 bits per heavy atom. The fourth-order valence-electron chi connectivity index (χ4n) is 1.78. The normalized spacial score (nSPS) is 12.2. The van der Waals surface area contributed by atoms with Crippen LogP contribution in [0.15, 0.2) is 18.2 Å². The molecule has 0 aromatic heterocycles. The highest BCUT2D eigenvalue weighted by Crippen LogP contribution is 2.31. The molecular formula is C13H18O3. The summed E-state index contributed by atoms with van der Waals surface area (Å²) >= 11 is 0. The third kappa shape index (κ3) is 2.83. The lowest BCUT2D eigenvalue weighted by Crippen LogP contribution is -2.02. The lowest BCUT2D eigenvalue weighted by molar-refractivity contribution is -0.108. The number of hydrogen-bond donors (Lipinski definition) is 0. The van der Waals surface area contributed by atoms with Crippen molar-refractivity contribution in [1.29, 1.82) is 0 Å². The topological polar surface area (TPSA) is 35.5 Å². The van der Waals surface area contributed by atoms with Gasteiger partial charge in [0.05, 0.1) is 13.7 Å². The number of ether oxygens (including phenoxy) is 2. The summed E-state index contributed by atoms with van der Waals surface area (Å²) in [5, 5.41) is 0. The molecule has 16 heavy (non-hydrogen) atoms. The summed E-state index contributed by atoms with van der Waals surface area (Å²) in [4.78, 5) is 10.5. The Hall–Kier alpha value is -1.35. The van der Waals surface area contributed by atoms with E-state index in [1.165, 1.54) is 0 Å². The predicted molar refractivity (Wildman–Crippen MR) is 62.8 cm³/mol. The molecule has 0 fully saturated rings. The first kappa shape index (κ1) is 12.7. The third-order valence-electron chi connectivity index (χ3n) is 2.61. The zero-order valence-electron chi connectivity index (χ0n) is 10.0. The van der Waals surface area contributed by atoms with Crippen LogP contribution < -0.4 is 4.74 Å². The molecule has 88 valence electrons. The molecule has 0 saturated heterocycles. The molecule has 1 aromatic carbocycles. The molecular weight excluding hydrogens is 204 g/mol. The molecule has 0 saturated carbocycles. The predicted octanol–water partition coefficient (Wildman–Crippen LogP) is 2.53. The molecule has 0 aliphatic carbocycles. The second-order valence-electron chi connectivity index (χ2n) is 3.78. The minimum Gasteiger partial charge on any atom is -0.496 e. The van der Waals surface area contributed by atoms with E-state index < -0.39 is 0 Å². The van der Waals surface area contributed by atoms with Crippen LogP contribution in [0.25, 0.3) is 0 Å². The van der Waals surface area contributed by atoms with Gasteiger partial charge in [-0.05, 0) is 11.5 Å². The van der Waals surface area contributed by atoms with Crippen molar-refractivity contribution in [3.63, 3.8) is 0 Å². The maximum atomic E-state index is 10.5. The van der Waals surface area contributed by atoms with E-state index in [4.69, 9.17) is 9.47 Å². The zero-order chi connectivity index (χ0) is 12.0. The quantitative estimate of drug-likeness (QED) is 0.694. The van der Waals surface area contributed by atoms with Crippen LogP contribution in [-0.2, 0) is 16.1 Å². The highest BCUT2D eigenvalue weighted by atomic mass is 16.5. The van der Waals surface area contributed by atoms with Crippen molar-refractivity contribution in [1.82, 2.24) is 0 Å². The fourth-order valence-corrected chi connectivity index (χ4v) is 1.78. The standard InChI is InChI=1S/C13H18O3/c1-10(7-8-14)12-6-4-5-11(9-15-2)13(12)16-3/h4-6,8,10H,7,9H2,1-3H3. The Balaban J connectivity index is 3.07. The Bertz CT molecular complexity index is 347. The van der Waals surface area contributed by atoms with Gasteiger partial charge in [0.1, 0.15) is 12.0 Å². The van der Waals surface area contributed by atoms with E-state index in [1.807, 2.05) is 25.1 Å². The smallest absolute Gasteiger partial charge is 0.127 e. The molecule has 0 heterocycles. The van der Waals surface area contributed by atoms with Gasteiger partial charge in [-0.25, -0.2) is 0 Å². The molecule has 0 spiro atoms. The number of aldehydes is 1. The first-order chi connectivity index (χ1) is 7.74. The molecule has 1 unspecified atom stereocenters. The maximum Gasteiger partial charge on any atom is 0.127 e. The maximum absolute atomic E-state index is 10.5. The molecule has 0 N–H and O–H groups in total. The van der Waals surface area contributed by atoms with Gasteiger partial charge in [0.25, 0.3) is 0 Å². The first-order valence-corrected chi connectivity index (χ1v) is 5.33. The van der Waals surface area contributed by atoms with Crippen molar-refractivity contribution in [2.75, 3.05) is 14.2 Å². The highest BCUT2D eigenvalue weighted by Gasteiger charge is 2.14. The van der Waals surface area contributed by atoms with Gasteiger partial charge >= 0.3 is 0 Å². The number of methoxy groups -OCH3 is 2. The highest BCUT2D eigenvalue weighted by molar-refractivity contribution is 5.53. The summed E-state index contributed by atoms with van der Waals surface area (Å²) in [6, 6.07) is 5.93. The lowest BCUT2D eigenvalue weighted by atomic mass is 9.95. The minimum atomic E-state index is 0.171. The van der Waals surface area contributed by atoms with Crippen LogP contribution in [0.1, 0.15) is 30.4 Å². The molecule has 0 aliphatic rings. The summed E-state index contributed by atoms with van der Waals surface area (Å²) in [6.07, 6.45) is 1.44. The van der Waals surface area contributed by atoms with Gasteiger partial charge in [-0.1, -0.05) is 25.1 Å². The van der Waals surface area contributed by atoms with E-state index in [9.17, 15) is 4.79 Å². The Labute approximate surface area is 96.4 Å². The van der Waals surface area contributed by atoms with Crippen molar-refractivity contribution in [3.8, 4) is 5.75 Å². The van der Waals surface area contributed by atoms with Crippen LogP contribution in [0.2, 0.25) is 0 Å². The summed E-state index contributed by atoms with van der Waals surface area (Å²) in [5.74, 6) is 1.00. The molecule has 0 radical (unpaired) electrons. The lowest BCUT2D eigenvalue weighted by Gasteiger charge is -2.16. The van der Waals surface area contributed by atoms with Crippen LogP contribution in [0.4, 0.5) is 0 Å². The largest absolute Gasteiger partial charge is 0.496 e. The van der Waals surface area contributed by atoms with E-state index in [0.29, 0.717) is 13.0 Å². The molecule has 1 atom stereocenters. The van der Waals surface area contributed by atoms with Crippen molar-refractivity contribution in [3.05, 3.63) is 29.3 Å². The monoisotopic (exact) mass is 222 g/mol. The second-order valence-corrected chi connectivity index (χ2v) is 3.78. The van der Waals surface area contributed by atoms with Gasteiger partial charge in [0, 0.05) is 19.1 Å².